The van der Waals surface area contributed by atoms with Crippen molar-refractivity contribution in [2.24, 2.45) is 5.92 Å². The minimum absolute atomic E-state index is 0.655. The fraction of sp³-hybridized carbons (Fsp3) is 0.600. The van der Waals surface area contributed by atoms with E-state index in [1.165, 1.54) is 24.8 Å². The number of nitrogens with one attached hydrogen (secondary N) is 1. The summed E-state index contributed by atoms with van der Waals surface area (Å²) in [5.41, 5.74) is 1.21. The van der Waals surface area contributed by atoms with Crippen LogP contribution in [0.3, 0.4) is 0 Å². The van der Waals surface area contributed by atoms with Crippen molar-refractivity contribution >= 4 is 0 Å². The molecule has 1 aliphatic rings. The Morgan fingerprint density at radius 2 is 1.78 bits per heavy atom. The molecular formula is C15H23NO2. The number of hydrogen-bond donors (Lipinski definition) is 1. The number of benzene rings is 1. The molecule has 1 aliphatic carbocycles. The van der Waals surface area contributed by atoms with E-state index < -0.39 is 0 Å². The number of methoxy groups -OCH3 is 2. The maximum Gasteiger partial charge on any atom is 0.122 e. The van der Waals surface area contributed by atoms with E-state index in [-0.39, 0.29) is 0 Å². The molecule has 1 fully saturated rings. The van der Waals surface area contributed by atoms with Crippen LogP contribution in [0, 0.1) is 5.92 Å². The predicted octanol–water partition coefficient (Wildman–Crippen LogP) is 2.98. The number of hydrogen-bond acceptors (Lipinski definition) is 3. The molecule has 0 radical (unpaired) electrons. The van der Waals surface area contributed by atoms with Gasteiger partial charge in [0.15, 0.2) is 0 Å². The molecule has 0 aliphatic heterocycles. The molecule has 3 nitrogen and oxygen atoms in total. The minimum atomic E-state index is 0.655. The Morgan fingerprint density at radius 3 is 2.28 bits per heavy atom. The topological polar surface area (TPSA) is 30.5 Å². The second kappa shape index (κ2) is 6.10. The average molecular weight is 249 g/mol. The van der Waals surface area contributed by atoms with Crippen LogP contribution in [-0.2, 0) is 6.54 Å². The summed E-state index contributed by atoms with van der Waals surface area (Å²) in [6.07, 6.45) is 3.99. The Bertz CT molecular complexity index is 370. The van der Waals surface area contributed by atoms with Crippen molar-refractivity contribution in [1.29, 1.82) is 0 Å². The molecule has 0 heterocycles. The maximum atomic E-state index is 5.28. The molecule has 0 saturated heterocycles. The van der Waals surface area contributed by atoms with Gasteiger partial charge in [-0.3, -0.25) is 0 Å². The SMILES string of the molecule is COc1cc(CNC2CCCC2C)cc(OC)c1. The van der Waals surface area contributed by atoms with Crippen LogP contribution >= 0.6 is 0 Å². The zero-order valence-electron chi connectivity index (χ0n) is 11.5. The van der Waals surface area contributed by atoms with E-state index in [9.17, 15) is 0 Å². The summed E-state index contributed by atoms with van der Waals surface area (Å²) in [4.78, 5) is 0. The molecule has 100 valence electrons. The van der Waals surface area contributed by atoms with E-state index in [0.29, 0.717) is 6.04 Å². The van der Waals surface area contributed by atoms with Gasteiger partial charge in [-0.15, -0.1) is 0 Å². The summed E-state index contributed by atoms with van der Waals surface area (Å²) in [6, 6.07) is 6.69. The molecule has 3 heteroatoms. The smallest absolute Gasteiger partial charge is 0.122 e. The Labute approximate surface area is 109 Å². The Kier molecular flexibility index (Phi) is 4.48. The van der Waals surface area contributed by atoms with E-state index in [2.05, 4.69) is 24.4 Å². The quantitative estimate of drug-likeness (QED) is 0.870. The van der Waals surface area contributed by atoms with Gasteiger partial charge in [0.05, 0.1) is 14.2 Å². The third-order valence-corrected chi connectivity index (χ3v) is 3.84. The molecule has 0 spiro atoms. The van der Waals surface area contributed by atoms with Gasteiger partial charge in [-0.25, -0.2) is 0 Å². The van der Waals surface area contributed by atoms with Gasteiger partial charge in [0.25, 0.3) is 0 Å². The minimum Gasteiger partial charge on any atom is -0.497 e. The van der Waals surface area contributed by atoms with Gasteiger partial charge in [-0.1, -0.05) is 13.3 Å². The van der Waals surface area contributed by atoms with Crippen LogP contribution in [0.2, 0.25) is 0 Å². The average Bonchev–Trinajstić information content (AvgIpc) is 2.81. The molecule has 1 aromatic carbocycles. The number of rotatable bonds is 5. The lowest BCUT2D eigenvalue weighted by Gasteiger charge is -2.18. The lowest BCUT2D eigenvalue weighted by molar-refractivity contribution is 0.391. The molecule has 1 N–H and O–H groups in total. The van der Waals surface area contributed by atoms with Crippen LogP contribution in [0.1, 0.15) is 31.7 Å². The lowest BCUT2D eigenvalue weighted by Crippen LogP contribution is -2.30. The second-order valence-electron chi connectivity index (χ2n) is 5.12. The summed E-state index contributed by atoms with van der Waals surface area (Å²) >= 11 is 0. The molecular weight excluding hydrogens is 226 g/mol. The van der Waals surface area contributed by atoms with Crippen LogP contribution in [0.25, 0.3) is 0 Å². The highest BCUT2D eigenvalue weighted by molar-refractivity contribution is 5.38. The highest BCUT2D eigenvalue weighted by Gasteiger charge is 2.22. The first-order valence-corrected chi connectivity index (χ1v) is 6.68. The zero-order valence-corrected chi connectivity index (χ0v) is 11.5. The van der Waals surface area contributed by atoms with E-state index in [1.807, 2.05) is 6.07 Å². The van der Waals surface area contributed by atoms with Crippen LogP contribution in [0.4, 0.5) is 0 Å². The van der Waals surface area contributed by atoms with Gasteiger partial charge >= 0.3 is 0 Å². The molecule has 18 heavy (non-hydrogen) atoms. The first-order chi connectivity index (χ1) is 8.72. The predicted molar refractivity (Wildman–Crippen MR) is 73.2 cm³/mol. The van der Waals surface area contributed by atoms with Crippen LogP contribution < -0.4 is 14.8 Å². The lowest BCUT2D eigenvalue weighted by atomic mass is 10.1. The Balaban J connectivity index is 1.99. The van der Waals surface area contributed by atoms with E-state index >= 15 is 0 Å². The largest absolute Gasteiger partial charge is 0.497 e. The first kappa shape index (κ1) is 13.2. The summed E-state index contributed by atoms with van der Waals surface area (Å²) in [5, 5.41) is 3.64. The van der Waals surface area contributed by atoms with Crippen molar-refractivity contribution in [3.63, 3.8) is 0 Å². The standard InChI is InChI=1S/C15H23NO2/c1-11-5-4-6-15(11)16-10-12-7-13(17-2)9-14(8-12)18-3/h7-9,11,15-16H,4-6,10H2,1-3H3. The summed E-state index contributed by atoms with van der Waals surface area (Å²) in [6.45, 7) is 3.21. The van der Waals surface area contributed by atoms with Crippen molar-refractivity contribution in [2.75, 3.05) is 14.2 Å². The molecule has 0 amide bonds. The molecule has 0 aromatic heterocycles. The van der Waals surface area contributed by atoms with E-state index in [4.69, 9.17) is 9.47 Å². The fourth-order valence-electron chi connectivity index (χ4n) is 2.67. The van der Waals surface area contributed by atoms with Gasteiger partial charge < -0.3 is 14.8 Å². The summed E-state index contributed by atoms with van der Waals surface area (Å²) < 4.78 is 10.6. The Hall–Kier alpha value is -1.22. The molecule has 1 saturated carbocycles. The van der Waals surface area contributed by atoms with E-state index in [1.54, 1.807) is 14.2 Å². The van der Waals surface area contributed by atoms with Crippen molar-refractivity contribution in [3.8, 4) is 11.5 Å². The van der Waals surface area contributed by atoms with Crippen molar-refractivity contribution in [3.05, 3.63) is 23.8 Å². The van der Waals surface area contributed by atoms with Gasteiger partial charge in [0, 0.05) is 18.7 Å². The second-order valence-corrected chi connectivity index (χ2v) is 5.12. The van der Waals surface area contributed by atoms with Crippen molar-refractivity contribution in [1.82, 2.24) is 5.32 Å². The molecule has 2 unspecified atom stereocenters. The molecule has 2 atom stereocenters. The zero-order chi connectivity index (χ0) is 13.0. The summed E-state index contributed by atoms with van der Waals surface area (Å²) in [7, 11) is 3.37. The monoisotopic (exact) mass is 249 g/mol. The van der Waals surface area contributed by atoms with Gasteiger partial charge in [0.1, 0.15) is 11.5 Å². The maximum absolute atomic E-state index is 5.28. The third kappa shape index (κ3) is 3.16. The van der Waals surface area contributed by atoms with Crippen LogP contribution in [-0.4, -0.2) is 20.3 Å². The first-order valence-electron chi connectivity index (χ1n) is 6.68. The van der Waals surface area contributed by atoms with Crippen molar-refractivity contribution in [2.45, 2.75) is 38.8 Å². The highest BCUT2D eigenvalue weighted by atomic mass is 16.5. The molecule has 1 aromatic rings. The van der Waals surface area contributed by atoms with E-state index in [0.717, 1.165) is 24.0 Å². The number of ether oxygens (including phenoxy) is 2. The highest BCUT2D eigenvalue weighted by Crippen LogP contribution is 2.26. The molecule has 2 rings (SSSR count). The van der Waals surface area contributed by atoms with Gasteiger partial charge in [-0.05, 0) is 36.5 Å². The normalized spacial score (nSPS) is 23.1. The van der Waals surface area contributed by atoms with Crippen LogP contribution in [0.15, 0.2) is 18.2 Å². The van der Waals surface area contributed by atoms with Crippen LogP contribution in [0.5, 0.6) is 11.5 Å². The Morgan fingerprint density at radius 1 is 1.11 bits per heavy atom. The van der Waals surface area contributed by atoms with Gasteiger partial charge in [0.2, 0.25) is 0 Å². The fourth-order valence-corrected chi connectivity index (χ4v) is 2.67. The van der Waals surface area contributed by atoms with Gasteiger partial charge in [-0.2, -0.15) is 0 Å². The summed E-state index contributed by atoms with van der Waals surface area (Å²) in [5.74, 6) is 2.49. The molecule has 0 bridgehead atoms. The van der Waals surface area contributed by atoms with Crippen molar-refractivity contribution < 1.29 is 9.47 Å². The third-order valence-electron chi connectivity index (χ3n) is 3.84.